The van der Waals surface area contributed by atoms with Gasteiger partial charge in [0.2, 0.25) is 0 Å². The summed E-state index contributed by atoms with van der Waals surface area (Å²) in [6.45, 7) is 2.14. The van der Waals surface area contributed by atoms with Crippen molar-refractivity contribution in [2.75, 3.05) is 32.5 Å². The van der Waals surface area contributed by atoms with Crippen LogP contribution in [0.2, 0.25) is 0 Å². The minimum atomic E-state index is 1.02. The molecule has 0 bridgehead atoms. The van der Waals surface area contributed by atoms with Crippen molar-refractivity contribution in [2.24, 2.45) is 0 Å². The summed E-state index contributed by atoms with van der Waals surface area (Å²) in [4.78, 5) is 6.47. The average molecular weight is 235 g/mol. The molecule has 0 fully saturated rings. The first-order valence-corrected chi connectivity index (χ1v) is 6.35. The molecule has 0 radical (unpaired) electrons. The Morgan fingerprint density at radius 2 is 2.25 bits per heavy atom. The van der Waals surface area contributed by atoms with Crippen LogP contribution in [0.15, 0.2) is 23.7 Å². The zero-order valence-electron chi connectivity index (χ0n) is 9.73. The van der Waals surface area contributed by atoms with Gasteiger partial charge in [0, 0.05) is 12.2 Å². The maximum absolute atomic E-state index is 4.26. The number of aromatic nitrogens is 1. The lowest BCUT2D eigenvalue weighted by molar-refractivity contribution is 0.405. The highest BCUT2D eigenvalue weighted by Gasteiger charge is 1.98. The molecule has 1 aromatic carbocycles. The minimum absolute atomic E-state index is 1.02. The summed E-state index contributed by atoms with van der Waals surface area (Å²) in [7, 11) is 4.20. The van der Waals surface area contributed by atoms with Crippen LogP contribution in [0.4, 0.5) is 5.69 Å². The van der Waals surface area contributed by atoms with E-state index in [1.54, 1.807) is 11.3 Å². The number of nitrogens with zero attached hydrogens (tertiary/aromatic N) is 2. The molecule has 2 rings (SSSR count). The van der Waals surface area contributed by atoms with Gasteiger partial charge in [-0.15, -0.1) is 11.3 Å². The van der Waals surface area contributed by atoms with Gasteiger partial charge in [-0.05, 0) is 45.3 Å². The Morgan fingerprint density at radius 3 is 3.06 bits per heavy atom. The molecule has 16 heavy (non-hydrogen) atoms. The predicted molar refractivity (Wildman–Crippen MR) is 71.3 cm³/mol. The monoisotopic (exact) mass is 235 g/mol. The van der Waals surface area contributed by atoms with Crippen molar-refractivity contribution in [1.82, 2.24) is 9.88 Å². The molecule has 4 heteroatoms. The van der Waals surface area contributed by atoms with E-state index in [9.17, 15) is 0 Å². The third-order valence-corrected chi connectivity index (χ3v) is 3.23. The third kappa shape index (κ3) is 2.93. The van der Waals surface area contributed by atoms with Crippen molar-refractivity contribution in [1.29, 1.82) is 0 Å². The van der Waals surface area contributed by atoms with E-state index in [4.69, 9.17) is 0 Å². The first kappa shape index (κ1) is 11.4. The molecular formula is C12H17N3S. The molecule has 1 heterocycles. The van der Waals surface area contributed by atoms with Crippen LogP contribution in [0.3, 0.4) is 0 Å². The Hall–Kier alpha value is -1.13. The topological polar surface area (TPSA) is 28.2 Å². The van der Waals surface area contributed by atoms with Crippen LogP contribution in [-0.2, 0) is 0 Å². The van der Waals surface area contributed by atoms with Gasteiger partial charge >= 0.3 is 0 Å². The van der Waals surface area contributed by atoms with E-state index in [0.717, 1.165) is 25.0 Å². The first-order chi connectivity index (χ1) is 7.75. The number of nitrogens with one attached hydrogen (secondary N) is 1. The highest BCUT2D eigenvalue weighted by Crippen LogP contribution is 2.21. The van der Waals surface area contributed by atoms with Crippen molar-refractivity contribution >= 4 is 27.2 Å². The van der Waals surface area contributed by atoms with Crippen molar-refractivity contribution in [3.05, 3.63) is 23.7 Å². The van der Waals surface area contributed by atoms with Gasteiger partial charge in [0.25, 0.3) is 0 Å². The molecule has 0 aliphatic heterocycles. The fourth-order valence-corrected chi connectivity index (χ4v) is 2.31. The SMILES string of the molecule is CN(C)CCCNc1ccc2ncsc2c1. The van der Waals surface area contributed by atoms with Crippen LogP contribution in [0.25, 0.3) is 10.2 Å². The van der Waals surface area contributed by atoms with Gasteiger partial charge in [0.15, 0.2) is 0 Å². The largest absolute Gasteiger partial charge is 0.385 e. The van der Waals surface area contributed by atoms with Crippen molar-refractivity contribution in [2.45, 2.75) is 6.42 Å². The number of rotatable bonds is 5. The molecule has 0 saturated carbocycles. The molecule has 0 unspecified atom stereocenters. The Labute approximate surface area is 100 Å². The second kappa shape index (κ2) is 5.27. The van der Waals surface area contributed by atoms with E-state index in [1.165, 1.54) is 10.4 Å². The summed E-state index contributed by atoms with van der Waals surface area (Å²) < 4.78 is 1.25. The fraction of sp³-hybridized carbons (Fsp3) is 0.417. The summed E-state index contributed by atoms with van der Waals surface area (Å²) in [6.07, 6.45) is 1.16. The van der Waals surface area contributed by atoms with E-state index in [0.29, 0.717) is 0 Å². The molecule has 0 aliphatic rings. The predicted octanol–water partition coefficient (Wildman–Crippen LogP) is 2.66. The van der Waals surface area contributed by atoms with E-state index in [-0.39, 0.29) is 0 Å². The molecule has 2 aromatic rings. The first-order valence-electron chi connectivity index (χ1n) is 5.47. The van der Waals surface area contributed by atoms with E-state index in [1.807, 2.05) is 5.51 Å². The van der Waals surface area contributed by atoms with Gasteiger partial charge in [-0.1, -0.05) is 0 Å². The van der Waals surface area contributed by atoms with Crippen molar-refractivity contribution in [3.63, 3.8) is 0 Å². The highest BCUT2D eigenvalue weighted by molar-refractivity contribution is 7.16. The Balaban J connectivity index is 1.89. The highest BCUT2D eigenvalue weighted by atomic mass is 32.1. The molecule has 86 valence electrons. The summed E-state index contributed by atoms with van der Waals surface area (Å²) in [5.41, 5.74) is 4.17. The molecule has 0 aliphatic carbocycles. The Morgan fingerprint density at radius 1 is 1.38 bits per heavy atom. The van der Waals surface area contributed by atoms with Crippen LogP contribution in [0.5, 0.6) is 0 Å². The van der Waals surface area contributed by atoms with Gasteiger partial charge in [-0.25, -0.2) is 4.98 Å². The zero-order valence-corrected chi connectivity index (χ0v) is 10.5. The lowest BCUT2D eigenvalue weighted by Crippen LogP contribution is -2.16. The van der Waals surface area contributed by atoms with Crippen LogP contribution < -0.4 is 5.32 Å². The van der Waals surface area contributed by atoms with Gasteiger partial charge < -0.3 is 10.2 Å². The fourth-order valence-electron chi connectivity index (χ4n) is 1.59. The average Bonchev–Trinajstić information content (AvgIpc) is 2.71. The molecular weight excluding hydrogens is 218 g/mol. The van der Waals surface area contributed by atoms with E-state index in [2.05, 4.69) is 47.5 Å². The maximum Gasteiger partial charge on any atom is 0.0813 e. The van der Waals surface area contributed by atoms with Crippen LogP contribution in [0.1, 0.15) is 6.42 Å². The summed E-state index contributed by atoms with van der Waals surface area (Å²) in [5, 5.41) is 3.43. The van der Waals surface area contributed by atoms with Crippen molar-refractivity contribution in [3.8, 4) is 0 Å². The molecule has 0 spiro atoms. The number of benzene rings is 1. The third-order valence-electron chi connectivity index (χ3n) is 2.44. The molecule has 1 N–H and O–H groups in total. The Kier molecular flexibility index (Phi) is 3.74. The second-order valence-corrected chi connectivity index (χ2v) is 5.00. The number of hydrogen-bond donors (Lipinski definition) is 1. The molecule has 0 amide bonds. The van der Waals surface area contributed by atoms with Crippen LogP contribution in [-0.4, -0.2) is 37.1 Å². The number of hydrogen-bond acceptors (Lipinski definition) is 4. The number of fused-ring (bicyclic) bond motifs is 1. The quantitative estimate of drug-likeness (QED) is 0.808. The number of anilines is 1. The van der Waals surface area contributed by atoms with Gasteiger partial charge in [-0.2, -0.15) is 0 Å². The zero-order chi connectivity index (χ0) is 11.4. The molecule has 1 aromatic heterocycles. The van der Waals surface area contributed by atoms with E-state index < -0.39 is 0 Å². The van der Waals surface area contributed by atoms with Crippen molar-refractivity contribution < 1.29 is 0 Å². The molecule has 0 atom stereocenters. The van der Waals surface area contributed by atoms with Gasteiger partial charge in [-0.3, -0.25) is 0 Å². The Bertz CT molecular complexity index is 450. The molecule has 3 nitrogen and oxygen atoms in total. The maximum atomic E-state index is 4.26. The van der Waals surface area contributed by atoms with E-state index >= 15 is 0 Å². The summed E-state index contributed by atoms with van der Waals surface area (Å²) in [6, 6.07) is 6.33. The lowest BCUT2D eigenvalue weighted by Gasteiger charge is -2.10. The lowest BCUT2D eigenvalue weighted by atomic mass is 10.3. The van der Waals surface area contributed by atoms with Crippen LogP contribution in [0, 0.1) is 0 Å². The standard InChI is InChI=1S/C12H17N3S/c1-15(2)7-3-6-13-10-4-5-11-12(8-10)16-9-14-11/h4-5,8-9,13H,3,6-7H2,1-2H3. The summed E-state index contributed by atoms with van der Waals surface area (Å²) in [5.74, 6) is 0. The summed E-state index contributed by atoms with van der Waals surface area (Å²) >= 11 is 1.69. The van der Waals surface area contributed by atoms with Crippen LogP contribution >= 0.6 is 11.3 Å². The smallest absolute Gasteiger partial charge is 0.0813 e. The second-order valence-electron chi connectivity index (χ2n) is 4.12. The molecule has 0 saturated heterocycles. The normalized spacial score (nSPS) is 11.2. The number of thiazole rings is 1. The van der Waals surface area contributed by atoms with Gasteiger partial charge in [0.05, 0.1) is 15.7 Å². The minimum Gasteiger partial charge on any atom is -0.385 e. The van der Waals surface area contributed by atoms with Gasteiger partial charge in [0.1, 0.15) is 0 Å².